The molecule has 1 amide bonds. The van der Waals surface area contributed by atoms with Crippen LogP contribution in [0.4, 0.5) is 11.5 Å². The number of carbonyl (C=O) groups excluding carboxylic acids is 1. The Labute approximate surface area is 191 Å². The van der Waals surface area contributed by atoms with Gasteiger partial charge in [0.25, 0.3) is 5.91 Å². The normalized spacial score (nSPS) is 18.5. The van der Waals surface area contributed by atoms with Gasteiger partial charge in [0, 0.05) is 42.4 Å². The molecule has 9 heteroatoms. The Bertz CT molecular complexity index is 1330. The van der Waals surface area contributed by atoms with Crippen molar-refractivity contribution >= 4 is 39.3 Å². The zero-order chi connectivity index (χ0) is 22.9. The van der Waals surface area contributed by atoms with Crippen LogP contribution < -0.4 is 20.3 Å². The summed E-state index contributed by atoms with van der Waals surface area (Å²) >= 11 is 0. The average molecular weight is 444 g/mol. The summed E-state index contributed by atoms with van der Waals surface area (Å²) in [6.07, 6.45) is 3.27. The van der Waals surface area contributed by atoms with Gasteiger partial charge in [-0.1, -0.05) is 12.1 Å². The van der Waals surface area contributed by atoms with Crippen molar-refractivity contribution < 1.29 is 9.53 Å². The second-order valence-corrected chi connectivity index (χ2v) is 8.32. The topological polar surface area (TPSA) is 105 Å². The average Bonchev–Trinajstić information content (AvgIpc) is 2.82. The molecule has 2 N–H and O–H groups in total. The van der Waals surface area contributed by atoms with Crippen LogP contribution in [0.3, 0.4) is 0 Å². The molecule has 1 aliphatic rings. The van der Waals surface area contributed by atoms with E-state index in [-0.39, 0.29) is 11.9 Å². The largest absolute Gasteiger partial charge is 0.467 e. The van der Waals surface area contributed by atoms with Crippen LogP contribution in [0.15, 0.2) is 48.8 Å². The Hall–Kier alpha value is -3.85. The number of piperazine rings is 1. The summed E-state index contributed by atoms with van der Waals surface area (Å²) in [4.78, 5) is 33.3. The van der Waals surface area contributed by atoms with Crippen LogP contribution in [0.25, 0.3) is 21.9 Å². The third-order valence-corrected chi connectivity index (χ3v) is 5.72. The summed E-state index contributed by atoms with van der Waals surface area (Å²) < 4.78 is 5.24. The number of nitrogens with one attached hydrogen (secondary N) is 2. The van der Waals surface area contributed by atoms with Gasteiger partial charge in [-0.15, -0.1) is 0 Å². The minimum atomic E-state index is -0.320. The Morgan fingerprint density at radius 2 is 1.79 bits per heavy atom. The second-order valence-electron chi connectivity index (χ2n) is 8.32. The molecular formula is C24H25N7O2. The quantitative estimate of drug-likeness (QED) is 0.496. The van der Waals surface area contributed by atoms with Crippen LogP contribution in [-0.4, -0.2) is 58.1 Å². The van der Waals surface area contributed by atoms with Gasteiger partial charge in [-0.25, -0.2) is 9.97 Å². The fourth-order valence-electron chi connectivity index (χ4n) is 4.37. The zero-order valence-corrected chi connectivity index (χ0v) is 18.7. The molecule has 0 radical (unpaired) electrons. The van der Waals surface area contributed by atoms with Gasteiger partial charge < -0.3 is 20.3 Å². The van der Waals surface area contributed by atoms with Crippen molar-refractivity contribution in [3.8, 4) is 6.01 Å². The number of para-hydroxylation sites is 2. The number of amides is 1. The molecule has 5 rings (SSSR count). The number of hydrogen-bond acceptors (Lipinski definition) is 8. The Balaban J connectivity index is 1.53. The van der Waals surface area contributed by atoms with Gasteiger partial charge >= 0.3 is 6.01 Å². The first-order chi connectivity index (χ1) is 16.0. The number of fused-ring (bicyclic) bond motifs is 2. The van der Waals surface area contributed by atoms with Gasteiger partial charge in [0.05, 0.1) is 35.4 Å². The van der Waals surface area contributed by atoms with Gasteiger partial charge in [-0.05, 0) is 38.1 Å². The Morgan fingerprint density at radius 1 is 1.03 bits per heavy atom. The molecule has 0 bridgehead atoms. The zero-order valence-electron chi connectivity index (χ0n) is 18.7. The summed E-state index contributed by atoms with van der Waals surface area (Å²) in [5.41, 5.74) is 3.42. The van der Waals surface area contributed by atoms with Crippen molar-refractivity contribution in [2.75, 3.05) is 30.4 Å². The first-order valence-electron chi connectivity index (χ1n) is 10.9. The molecule has 168 valence electrons. The molecule has 0 unspecified atom stereocenters. The first-order valence-corrected chi connectivity index (χ1v) is 10.9. The lowest BCUT2D eigenvalue weighted by Gasteiger charge is -2.38. The maximum Gasteiger partial charge on any atom is 0.316 e. The summed E-state index contributed by atoms with van der Waals surface area (Å²) in [6, 6.07) is 12.2. The summed E-state index contributed by atoms with van der Waals surface area (Å²) in [5, 5.41) is 7.20. The number of benzene rings is 2. The van der Waals surface area contributed by atoms with E-state index in [1.807, 2.05) is 30.3 Å². The molecule has 2 aromatic carbocycles. The summed E-state index contributed by atoms with van der Waals surface area (Å²) in [5.74, 6) is 0.0561. The molecule has 3 heterocycles. The molecule has 1 saturated heterocycles. The molecule has 1 aliphatic heterocycles. The van der Waals surface area contributed by atoms with E-state index in [4.69, 9.17) is 4.74 Å². The maximum absolute atomic E-state index is 13.3. The summed E-state index contributed by atoms with van der Waals surface area (Å²) in [6.45, 7) is 6.03. The second kappa shape index (κ2) is 8.59. The van der Waals surface area contributed by atoms with E-state index < -0.39 is 0 Å². The fourth-order valence-corrected chi connectivity index (χ4v) is 4.37. The molecule has 9 nitrogen and oxygen atoms in total. The molecule has 2 aromatic heterocycles. The molecule has 1 fully saturated rings. The lowest BCUT2D eigenvalue weighted by Crippen LogP contribution is -2.54. The summed E-state index contributed by atoms with van der Waals surface area (Å²) in [7, 11) is 1.51. The van der Waals surface area contributed by atoms with Gasteiger partial charge in [-0.3, -0.25) is 9.78 Å². The SMILES string of the molecule is COc1ncc2c(N3C[C@@H](C)N[C@H](C)C3)ccc(C(=O)Nc3cnc4ccccc4n3)c2n1. The minimum absolute atomic E-state index is 0.209. The van der Waals surface area contributed by atoms with Crippen LogP contribution in [0.2, 0.25) is 0 Å². The number of carbonyl (C=O) groups is 1. The van der Waals surface area contributed by atoms with Crippen LogP contribution in [0.5, 0.6) is 6.01 Å². The van der Waals surface area contributed by atoms with Gasteiger partial charge in [-0.2, -0.15) is 4.98 Å². The third kappa shape index (κ3) is 4.14. The number of hydrogen-bond donors (Lipinski definition) is 2. The standard InChI is InChI=1S/C24H25N7O2/c1-14-12-31(13-15(2)27-14)20-9-8-16(22-17(20)10-26-24(30-22)33-3)23(32)29-21-11-25-18-6-4-5-7-19(18)28-21/h4-11,14-15,27H,12-13H2,1-3H3,(H,28,29,32)/t14-,15-/m1/s1. The molecule has 0 saturated carbocycles. The molecular weight excluding hydrogens is 418 g/mol. The van der Waals surface area contributed by atoms with E-state index in [2.05, 4.69) is 49.3 Å². The third-order valence-electron chi connectivity index (χ3n) is 5.72. The number of rotatable bonds is 4. The predicted molar refractivity (Wildman–Crippen MR) is 128 cm³/mol. The lowest BCUT2D eigenvalue weighted by atomic mass is 10.0. The van der Waals surface area contributed by atoms with Crippen LogP contribution in [0.1, 0.15) is 24.2 Å². The van der Waals surface area contributed by atoms with E-state index in [0.717, 1.165) is 29.7 Å². The van der Waals surface area contributed by atoms with Gasteiger partial charge in [0.1, 0.15) is 0 Å². The van der Waals surface area contributed by atoms with Crippen LogP contribution >= 0.6 is 0 Å². The number of nitrogens with zero attached hydrogens (tertiary/aromatic N) is 5. The Kier molecular flexibility index (Phi) is 5.47. The monoisotopic (exact) mass is 443 g/mol. The van der Waals surface area contributed by atoms with E-state index >= 15 is 0 Å². The highest BCUT2D eigenvalue weighted by Crippen LogP contribution is 2.31. The van der Waals surface area contributed by atoms with Gasteiger partial charge in [0.2, 0.25) is 0 Å². The number of anilines is 2. The predicted octanol–water partition coefficient (Wildman–Crippen LogP) is 3.02. The first kappa shape index (κ1) is 21.0. The van der Waals surface area contributed by atoms with Crippen molar-refractivity contribution in [2.45, 2.75) is 25.9 Å². The minimum Gasteiger partial charge on any atom is -0.467 e. The number of ether oxygens (including phenoxy) is 1. The van der Waals surface area contributed by atoms with E-state index in [1.165, 1.54) is 7.11 Å². The molecule has 4 aromatic rings. The van der Waals surface area contributed by atoms with Gasteiger partial charge in [0.15, 0.2) is 5.82 Å². The van der Waals surface area contributed by atoms with Crippen molar-refractivity contribution in [3.63, 3.8) is 0 Å². The van der Waals surface area contributed by atoms with E-state index in [0.29, 0.717) is 34.5 Å². The highest BCUT2D eigenvalue weighted by molar-refractivity contribution is 6.13. The highest BCUT2D eigenvalue weighted by Gasteiger charge is 2.24. The molecule has 33 heavy (non-hydrogen) atoms. The van der Waals surface area contributed by atoms with Crippen LogP contribution in [0, 0.1) is 0 Å². The van der Waals surface area contributed by atoms with Crippen molar-refractivity contribution in [1.82, 2.24) is 25.3 Å². The highest BCUT2D eigenvalue weighted by atomic mass is 16.5. The number of aromatic nitrogens is 4. The van der Waals surface area contributed by atoms with Crippen molar-refractivity contribution in [3.05, 3.63) is 54.4 Å². The van der Waals surface area contributed by atoms with Crippen molar-refractivity contribution in [2.24, 2.45) is 0 Å². The smallest absolute Gasteiger partial charge is 0.316 e. The molecule has 0 spiro atoms. The van der Waals surface area contributed by atoms with E-state index in [1.54, 1.807) is 18.5 Å². The molecule has 0 aliphatic carbocycles. The fraction of sp³-hybridized carbons (Fsp3) is 0.292. The van der Waals surface area contributed by atoms with E-state index in [9.17, 15) is 4.79 Å². The maximum atomic E-state index is 13.3. The lowest BCUT2D eigenvalue weighted by molar-refractivity contribution is 0.102. The van der Waals surface area contributed by atoms with Crippen LogP contribution in [-0.2, 0) is 0 Å². The molecule has 2 atom stereocenters. The van der Waals surface area contributed by atoms with Crippen molar-refractivity contribution in [1.29, 1.82) is 0 Å². The number of methoxy groups -OCH3 is 1. The Morgan fingerprint density at radius 3 is 2.55 bits per heavy atom.